The summed E-state index contributed by atoms with van der Waals surface area (Å²) in [5.74, 6) is 0. The number of rotatable bonds is 4. The second-order valence-corrected chi connectivity index (χ2v) is 5.56. The van der Waals surface area contributed by atoms with Crippen LogP contribution in [-0.4, -0.2) is 27.8 Å². The van der Waals surface area contributed by atoms with Gasteiger partial charge in [-0.25, -0.2) is 9.97 Å². The summed E-state index contributed by atoms with van der Waals surface area (Å²) in [5.41, 5.74) is 1.05. The Labute approximate surface area is 101 Å². The quantitative estimate of drug-likeness (QED) is 0.816. The van der Waals surface area contributed by atoms with Crippen molar-refractivity contribution in [1.29, 1.82) is 0 Å². The number of hydrogen-bond donors (Lipinski definition) is 1. The van der Waals surface area contributed by atoms with Crippen LogP contribution in [0.4, 0.5) is 0 Å². The van der Waals surface area contributed by atoms with Crippen molar-refractivity contribution in [2.75, 3.05) is 6.54 Å². The fourth-order valence-corrected chi connectivity index (χ4v) is 3.35. The number of nitrogens with one attached hydrogen (secondary N) is 1. The van der Waals surface area contributed by atoms with Crippen molar-refractivity contribution in [3.63, 3.8) is 0 Å². The topological polar surface area (TPSA) is 37.8 Å². The lowest BCUT2D eigenvalue weighted by Gasteiger charge is -2.10. The molecule has 2 unspecified atom stereocenters. The van der Waals surface area contributed by atoms with Gasteiger partial charge in [-0.2, -0.15) is 0 Å². The Bertz CT molecular complexity index is 343. The summed E-state index contributed by atoms with van der Waals surface area (Å²) in [4.78, 5) is 8.74. The van der Waals surface area contributed by atoms with Gasteiger partial charge in [-0.1, -0.05) is 18.7 Å². The molecule has 0 amide bonds. The zero-order valence-corrected chi connectivity index (χ0v) is 10.8. The number of nitrogens with zero attached hydrogens (tertiary/aromatic N) is 2. The van der Waals surface area contributed by atoms with Crippen molar-refractivity contribution in [3.05, 3.63) is 18.0 Å². The van der Waals surface area contributed by atoms with Crippen molar-refractivity contribution in [2.24, 2.45) is 0 Å². The molecule has 4 heteroatoms. The Kier molecular flexibility index (Phi) is 4.18. The summed E-state index contributed by atoms with van der Waals surface area (Å²) < 4.78 is 0. The van der Waals surface area contributed by atoms with E-state index in [9.17, 15) is 0 Å². The molecule has 0 radical (unpaired) electrons. The van der Waals surface area contributed by atoms with Crippen molar-refractivity contribution >= 4 is 11.8 Å². The van der Waals surface area contributed by atoms with E-state index in [0.29, 0.717) is 11.3 Å². The van der Waals surface area contributed by atoms with Gasteiger partial charge < -0.3 is 5.32 Å². The molecule has 1 heterocycles. The summed E-state index contributed by atoms with van der Waals surface area (Å²) in [6.45, 7) is 5.26. The Balaban J connectivity index is 1.87. The van der Waals surface area contributed by atoms with Gasteiger partial charge in [0.05, 0.1) is 0 Å². The molecule has 2 rings (SSSR count). The maximum Gasteiger partial charge on any atom is 0.187 e. The van der Waals surface area contributed by atoms with E-state index >= 15 is 0 Å². The third-order valence-electron chi connectivity index (χ3n) is 2.92. The zero-order valence-electron chi connectivity index (χ0n) is 9.94. The molecular formula is C12H19N3S. The molecule has 0 aromatic carbocycles. The van der Waals surface area contributed by atoms with Crippen LogP contribution in [0.1, 0.15) is 31.9 Å². The predicted molar refractivity (Wildman–Crippen MR) is 67.7 cm³/mol. The van der Waals surface area contributed by atoms with E-state index in [2.05, 4.69) is 22.2 Å². The smallest absolute Gasteiger partial charge is 0.187 e. The highest BCUT2D eigenvalue weighted by atomic mass is 32.2. The third-order valence-corrected chi connectivity index (χ3v) is 4.09. The molecule has 88 valence electrons. The van der Waals surface area contributed by atoms with Crippen LogP contribution < -0.4 is 5.32 Å². The average molecular weight is 237 g/mol. The van der Waals surface area contributed by atoms with Gasteiger partial charge >= 0.3 is 0 Å². The summed E-state index contributed by atoms with van der Waals surface area (Å²) in [5, 5.41) is 5.14. The number of hydrogen-bond acceptors (Lipinski definition) is 4. The van der Waals surface area contributed by atoms with Crippen LogP contribution in [0.2, 0.25) is 0 Å². The van der Waals surface area contributed by atoms with Gasteiger partial charge in [-0.3, -0.25) is 0 Å². The zero-order chi connectivity index (χ0) is 11.4. The molecule has 2 atom stereocenters. The van der Waals surface area contributed by atoms with Crippen molar-refractivity contribution in [1.82, 2.24) is 15.3 Å². The van der Waals surface area contributed by atoms with Crippen LogP contribution in [0.25, 0.3) is 0 Å². The Morgan fingerprint density at radius 3 is 3.12 bits per heavy atom. The maximum atomic E-state index is 4.44. The van der Waals surface area contributed by atoms with E-state index in [1.807, 2.05) is 30.9 Å². The first-order chi connectivity index (χ1) is 7.78. The van der Waals surface area contributed by atoms with Crippen LogP contribution in [0.15, 0.2) is 17.4 Å². The fourth-order valence-electron chi connectivity index (χ4n) is 2.15. The second-order valence-electron chi connectivity index (χ2n) is 4.29. The first kappa shape index (κ1) is 11.9. The van der Waals surface area contributed by atoms with Crippen LogP contribution >= 0.6 is 11.8 Å². The molecule has 0 spiro atoms. The monoisotopic (exact) mass is 237 g/mol. The normalized spacial score (nSPS) is 24.9. The standard InChI is InChI=1S/C12H19N3S/c1-3-13-10-4-5-11(8-10)16-12-14-7-6-9(2)15-12/h6-7,10-11,13H,3-5,8H2,1-2H3. The molecular weight excluding hydrogens is 218 g/mol. The number of aromatic nitrogens is 2. The summed E-state index contributed by atoms with van der Waals surface area (Å²) in [6, 6.07) is 2.65. The highest BCUT2D eigenvalue weighted by Gasteiger charge is 2.25. The van der Waals surface area contributed by atoms with Gasteiger partial charge in [0.2, 0.25) is 0 Å². The minimum atomic E-state index is 0.686. The van der Waals surface area contributed by atoms with Gasteiger partial charge in [-0.15, -0.1) is 0 Å². The largest absolute Gasteiger partial charge is 0.314 e. The Morgan fingerprint density at radius 2 is 2.38 bits per heavy atom. The maximum absolute atomic E-state index is 4.44. The first-order valence-corrected chi connectivity index (χ1v) is 6.85. The minimum Gasteiger partial charge on any atom is -0.314 e. The van der Waals surface area contributed by atoms with E-state index in [-0.39, 0.29) is 0 Å². The van der Waals surface area contributed by atoms with Crippen LogP contribution in [0, 0.1) is 6.92 Å². The van der Waals surface area contributed by atoms with E-state index in [4.69, 9.17) is 0 Å². The van der Waals surface area contributed by atoms with E-state index < -0.39 is 0 Å². The summed E-state index contributed by atoms with van der Waals surface area (Å²) in [6.07, 6.45) is 5.66. The average Bonchev–Trinajstić information content (AvgIpc) is 2.66. The summed E-state index contributed by atoms with van der Waals surface area (Å²) in [7, 11) is 0. The lowest BCUT2D eigenvalue weighted by atomic mass is 10.2. The van der Waals surface area contributed by atoms with Crippen molar-refractivity contribution < 1.29 is 0 Å². The number of aryl methyl sites for hydroxylation is 1. The van der Waals surface area contributed by atoms with Crippen molar-refractivity contribution in [3.8, 4) is 0 Å². The highest BCUT2D eigenvalue weighted by molar-refractivity contribution is 7.99. The first-order valence-electron chi connectivity index (χ1n) is 5.97. The van der Waals surface area contributed by atoms with Gasteiger partial charge in [0.25, 0.3) is 0 Å². The lowest BCUT2D eigenvalue weighted by Crippen LogP contribution is -2.26. The van der Waals surface area contributed by atoms with E-state index in [1.54, 1.807) is 0 Å². The van der Waals surface area contributed by atoms with Gasteiger partial charge in [-0.05, 0) is 38.8 Å². The Morgan fingerprint density at radius 1 is 1.50 bits per heavy atom. The van der Waals surface area contributed by atoms with E-state index in [0.717, 1.165) is 17.4 Å². The fraction of sp³-hybridized carbons (Fsp3) is 0.667. The lowest BCUT2D eigenvalue weighted by molar-refractivity contribution is 0.543. The molecule has 1 aliphatic carbocycles. The molecule has 1 aliphatic rings. The van der Waals surface area contributed by atoms with E-state index in [1.165, 1.54) is 19.3 Å². The van der Waals surface area contributed by atoms with Gasteiger partial charge in [0.15, 0.2) is 5.16 Å². The molecule has 3 nitrogen and oxygen atoms in total. The molecule has 1 saturated carbocycles. The van der Waals surface area contributed by atoms with Crippen LogP contribution in [-0.2, 0) is 0 Å². The molecule has 16 heavy (non-hydrogen) atoms. The molecule has 0 bridgehead atoms. The second kappa shape index (κ2) is 5.64. The minimum absolute atomic E-state index is 0.686. The summed E-state index contributed by atoms with van der Waals surface area (Å²) >= 11 is 1.83. The predicted octanol–water partition coefficient (Wildman–Crippen LogP) is 2.41. The van der Waals surface area contributed by atoms with Crippen LogP contribution in [0.3, 0.4) is 0 Å². The third kappa shape index (κ3) is 3.19. The van der Waals surface area contributed by atoms with Crippen LogP contribution in [0.5, 0.6) is 0 Å². The SMILES string of the molecule is CCNC1CCC(Sc2nccc(C)n2)C1. The van der Waals surface area contributed by atoms with Gasteiger partial charge in [0.1, 0.15) is 0 Å². The van der Waals surface area contributed by atoms with Crippen molar-refractivity contribution in [2.45, 2.75) is 49.6 Å². The molecule has 1 aromatic heterocycles. The van der Waals surface area contributed by atoms with Gasteiger partial charge in [0, 0.05) is 23.2 Å². The molecule has 1 N–H and O–H groups in total. The molecule has 0 aliphatic heterocycles. The molecule has 0 saturated heterocycles. The Hall–Kier alpha value is -0.610. The highest BCUT2D eigenvalue weighted by Crippen LogP contribution is 2.33. The number of thioether (sulfide) groups is 1. The molecule has 1 aromatic rings. The molecule has 1 fully saturated rings.